The minimum atomic E-state index is -0.107. The smallest absolute Gasteiger partial charge is 0.254 e. The molecule has 1 N–H and O–H groups in total. The van der Waals surface area contributed by atoms with Gasteiger partial charge in [-0.2, -0.15) is 0 Å². The Balaban J connectivity index is 1.94. The van der Waals surface area contributed by atoms with E-state index < -0.39 is 0 Å². The number of carbonyl (C=O) groups is 2. The Labute approximate surface area is 119 Å². The Kier molecular flexibility index (Phi) is 4.56. The Bertz CT molecular complexity index is 525. The van der Waals surface area contributed by atoms with E-state index in [9.17, 15) is 9.59 Å². The Morgan fingerprint density at radius 2 is 2.25 bits per heavy atom. The van der Waals surface area contributed by atoms with Crippen LogP contribution in [0.4, 0.5) is 0 Å². The number of carbonyl (C=O) groups excluding carboxylic acids is 2. The molecule has 1 aromatic carbocycles. The lowest BCUT2D eigenvalue weighted by atomic mass is 10.1. The van der Waals surface area contributed by atoms with Gasteiger partial charge in [0.15, 0.2) is 6.29 Å². The predicted molar refractivity (Wildman–Crippen MR) is 78.7 cm³/mol. The molecule has 1 saturated heterocycles. The van der Waals surface area contributed by atoms with Gasteiger partial charge in [-0.25, -0.2) is 0 Å². The molecule has 0 aromatic heterocycles. The van der Waals surface area contributed by atoms with E-state index in [1.807, 2.05) is 0 Å². The number of allylic oxidation sites excluding steroid dienone is 1. The van der Waals surface area contributed by atoms with E-state index in [1.165, 1.54) is 0 Å². The zero-order chi connectivity index (χ0) is 14.5. The summed E-state index contributed by atoms with van der Waals surface area (Å²) >= 11 is 0. The average molecular weight is 272 g/mol. The molecular formula is C16H20N2O2. The van der Waals surface area contributed by atoms with Crippen molar-refractivity contribution in [2.75, 3.05) is 13.6 Å². The van der Waals surface area contributed by atoms with Gasteiger partial charge >= 0.3 is 0 Å². The first-order chi connectivity index (χ1) is 9.61. The van der Waals surface area contributed by atoms with Crippen LogP contribution in [-0.4, -0.2) is 36.7 Å². The molecule has 4 heteroatoms. The standard InChI is InChI=1S/C16H20N2O2/c1-12-7-8-14(17-12)9-10-18(2)16(20)15-6-4-3-5-13(15)11-19/h3-6,11,14,17H,1,7-10H2,2H3. The second kappa shape index (κ2) is 6.37. The summed E-state index contributed by atoms with van der Waals surface area (Å²) in [6, 6.07) is 7.29. The van der Waals surface area contributed by atoms with Crippen molar-refractivity contribution in [1.29, 1.82) is 0 Å². The maximum atomic E-state index is 12.3. The van der Waals surface area contributed by atoms with Crippen LogP contribution in [0, 0.1) is 0 Å². The first-order valence-corrected chi connectivity index (χ1v) is 6.86. The monoisotopic (exact) mass is 272 g/mol. The maximum Gasteiger partial charge on any atom is 0.254 e. The molecule has 0 aliphatic carbocycles. The van der Waals surface area contributed by atoms with Crippen LogP contribution in [0.2, 0.25) is 0 Å². The van der Waals surface area contributed by atoms with Gasteiger partial charge in [0.2, 0.25) is 0 Å². The van der Waals surface area contributed by atoms with Gasteiger partial charge in [-0.1, -0.05) is 24.8 Å². The van der Waals surface area contributed by atoms with Crippen molar-refractivity contribution < 1.29 is 9.59 Å². The third-order valence-electron chi connectivity index (χ3n) is 3.68. The molecule has 1 fully saturated rings. The lowest BCUT2D eigenvalue weighted by Crippen LogP contribution is -2.32. The number of nitrogens with one attached hydrogen (secondary N) is 1. The van der Waals surface area contributed by atoms with Crippen LogP contribution in [0.5, 0.6) is 0 Å². The molecule has 20 heavy (non-hydrogen) atoms. The molecule has 0 radical (unpaired) electrons. The van der Waals surface area contributed by atoms with Crippen molar-refractivity contribution in [2.24, 2.45) is 0 Å². The van der Waals surface area contributed by atoms with Gasteiger partial charge in [0.25, 0.3) is 5.91 Å². The molecule has 1 unspecified atom stereocenters. The summed E-state index contributed by atoms with van der Waals surface area (Å²) in [5, 5.41) is 3.32. The summed E-state index contributed by atoms with van der Waals surface area (Å²) in [4.78, 5) is 25.0. The average Bonchev–Trinajstić information content (AvgIpc) is 2.89. The van der Waals surface area contributed by atoms with E-state index in [0.29, 0.717) is 23.7 Å². The van der Waals surface area contributed by atoms with E-state index in [1.54, 1.807) is 36.2 Å². The van der Waals surface area contributed by atoms with E-state index in [0.717, 1.165) is 31.2 Å². The van der Waals surface area contributed by atoms with Crippen molar-refractivity contribution in [3.05, 3.63) is 47.7 Å². The number of nitrogens with zero attached hydrogens (tertiary/aromatic N) is 1. The molecule has 0 bridgehead atoms. The van der Waals surface area contributed by atoms with Crippen molar-refractivity contribution in [3.63, 3.8) is 0 Å². The Morgan fingerprint density at radius 1 is 1.50 bits per heavy atom. The number of benzene rings is 1. The van der Waals surface area contributed by atoms with Crippen LogP contribution in [0.3, 0.4) is 0 Å². The third-order valence-corrected chi connectivity index (χ3v) is 3.68. The normalized spacial score (nSPS) is 17.6. The zero-order valence-corrected chi connectivity index (χ0v) is 11.8. The second-order valence-electron chi connectivity index (χ2n) is 5.20. The number of hydrogen-bond acceptors (Lipinski definition) is 3. The van der Waals surface area contributed by atoms with Gasteiger partial charge in [0.1, 0.15) is 0 Å². The quantitative estimate of drug-likeness (QED) is 0.836. The highest BCUT2D eigenvalue weighted by atomic mass is 16.2. The van der Waals surface area contributed by atoms with Crippen molar-refractivity contribution in [2.45, 2.75) is 25.3 Å². The van der Waals surface area contributed by atoms with Crippen molar-refractivity contribution >= 4 is 12.2 Å². The van der Waals surface area contributed by atoms with E-state index in [2.05, 4.69) is 11.9 Å². The van der Waals surface area contributed by atoms with Crippen LogP contribution >= 0.6 is 0 Å². The minimum Gasteiger partial charge on any atom is -0.386 e. The fourth-order valence-electron chi connectivity index (χ4n) is 2.45. The molecule has 4 nitrogen and oxygen atoms in total. The van der Waals surface area contributed by atoms with Gasteiger partial charge in [0.05, 0.1) is 5.56 Å². The summed E-state index contributed by atoms with van der Waals surface area (Å²) < 4.78 is 0. The largest absolute Gasteiger partial charge is 0.386 e. The molecule has 106 valence electrons. The molecular weight excluding hydrogens is 252 g/mol. The zero-order valence-electron chi connectivity index (χ0n) is 11.8. The topological polar surface area (TPSA) is 49.4 Å². The van der Waals surface area contributed by atoms with E-state index >= 15 is 0 Å². The number of hydrogen-bond donors (Lipinski definition) is 1. The first kappa shape index (κ1) is 14.3. The van der Waals surface area contributed by atoms with Gasteiger partial charge in [-0.15, -0.1) is 0 Å². The lowest BCUT2D eigenvalue weighted by molar-refractivity contribution is 0.0787. The molecule has 1 heterocycles. The van der Waals surface area contributed by atoms with Gasteiger partial charge in [0, 0.05) is 30.9 Å². The Morgan fingerprint density at radius 3 is 2.90 bits per heavy atom. The summed E-state index contributed by atoms with van der Waals surface area (Å²) in [6.07, 6.45) is 3.70. The fourth-order valence-corrected chi connectivity index (χ4v) is 2.45. The maximum absolute atomic E-state index is 12.3. The third kappa shape index (κ3) is 3.26. The fraction of sp³-hybridized carbons (Fsp3) is 0.375. The van der Waals surface area contributed by atoms with Crippen LogP contribution in [0.15, 0.2) is 36.5 Å². The molecule has 0 saturated carbocycles. The van der Waals surface area contributed by atoms with Crippen LogP contribution < -0.4 is 5.32 Å². The molecule has 1 aliphatic rings. The molecule has 2 rings (SSSR count). The Hall–Kier alpha value is -2.10. The molecule has 1 atom stereocenters. The van der Waals surface area contributed by atoms with Crippen LogP contribution in [0.25, 0.3) is 0 Å². The first-order valence-electron chi connectivity index (χ1n) is 6.86. The summed E-state index contributed by atoms with van der Waals surface area (Å²) in [5.41, 5.74) is 1.99. The summed E-state index contributed by atoms with van der Waals surface area (Å²) in [7, 11) is 1.77. The minimum absolute atomic E-state index is 0.107. The van der Waals surface area contributed by atoms with Crippen LogP contribution in [0.1, 0.15) is 40.0 Å². The predicted octanol–water partition coefficient (Wildman–Crippen LogP) is 2.23. The molecule has 0 spiro atoms. The van der Waals surface area contributed by atoms with Crippen molar-refractivity contribution in [1.82, 2.24) is 10.2 Å². The van der Waals surface area contributed by atoms with E-state index in [4.69, 9.17) is 0 Å². The summed E-state index contributed by atoms with van der Waals surface area (Å²) in [6.45, 7) is 4.57. The number of rotatable bonds is 5. The molecule has 1 amide bonds. The van der Waals surface area contributed by atoms with Gasteiger partial charge < -0.3 is 10.2 Å². The molecule has 1 aliphatic heterocycles. The van der Waals surface area contributed by atoms with Crippen LogP contribution in [-0.2, 0) is 0 Å². The highest BCUT2D eigenvalue weighted by Crippen LogP contribution is 2.17. The van der Waals surface area contributed by atoms with E-state index in [-0.39, 0.29) is 5.91 Å². The van der Waals surface area contributed by atoms with Gasteiger partial charge in [-0.05, 0) is 25.3 Å². The molecule has 1 aromatic rings. The second-order valence-corrected chi connectivity index (χ2v) is 5.20. The number of aldehydes is 1. The van der Waals surface area contributed by atoms with Gasteiger partial charge in [-0.3, -0.25) is 9.59 Å². The number of amides is 1. The summed E-state index contributed by atoms with van der Waals surface area (Å²) in [5.74, 6) is -0.107. The SMILES string of the molecule is C=C1CCC(CCN(C)C(=O)c2ccccc2C=O)N1. The highest BCUT2D eigenvalue weighted by Gasteiger charge is 2.19. The highest BCUT2D eigenvalue weighted by molar-refractivity contribution is 6.01. The lowest BCUT2D eigenvalue weighted by Gasteiger charge is -2.20. The van der Waals surface area contributed by atoms with Crippen molar-refractivity contribution in [3.8, 4) is 0 Å².